The zero-order chi connectivity index (χ0) is 13.1. The molecule has 0 aliphatic carbocycles. The van der Waals surface area contributed by atoms with Gasteiger partial charge in [0, 0.05) is 13.0 Å². The number of aliphatic imine (C=N–C) groups is 1. The summed E-state index contributed by atoms with van der Waals surface area (Å²) in [7, 11) is 0. The van der Waals surface area contributed by atoms with Gasteiger partial charge in [-0.3, -0.25) is 4.99 Å². The lowest BCUT2D eigenvalue weighted by atomic mass is 9.97. The molecule has 3 heteroatoms. The first-order valence-electron chi connectivity index (χ1n) is 6.44. The number of hydrogen-bond donors (Lipinski definition) is 1. The molecule has 0 fully saturated rings. The van der Waals surface area contributed by atoms with Crippen LogP contribution in [0, 0.1) is 5.82 Å². The lowest BCUT2D eigenvalue weighted by Gasteiger charge is -2.10. The van der Waals surface area contributed by atoms with Gasteiger partial charge in [-0.05, 0) is 28.8 Å². The molecule has 1 aliphatic heterocycles. The molecule has 2 aromatic rings. The van der Waals surface area contributed by atoms with Gasteiger partial charge in [0.15, 0.2) is 0 Å². The van der Waals surface area contributed by atoms with Crippen LogP contribution in [-0.2, 0) is 6.42 Å². The van der Waals surface area contributed by atoms with Gasteiger partial charge in [0.2, 0.25) is 0 Å². The molecule has 96 valence electrons. The fraction of sp³-hybridized carbons (Fsp3) is 0.188. The second kappa shape index (κ2) is 5.22. The van der Waals surface area contributed by atoms with Gasteiger partial charge < -0.3 is 5.32 Å². The van der Waals surface area contributed by atoms with Gasteiger partial charge in [0.1, 0.15) is 11.7 Å². The summed E-state index contributed by atoms with van der Waals surface area (Å²) in [6.45, 7) is 1.73. The summed E-state index contributed by atoms with van der Waals surface area (Å²) in [4.78, 5) is 4.40. The number of nitrogens with one attached hydrogen (secondary N) is 1. The average molecular weight is 254 g/mol. The molecule has 3 rings (SSSR count). The van der Waals surface area contributed by atoms with Crippen molar-refractivity contribution in [3.63, 3.8) is 0 Å². The summed E-state index contributed by atoms with van der Waals surface area (Å²) in [5, 5.41) is 3.25. The monoisotopic (exact) mass is 254 g/mol. The lowest BCUT2D eigenvalue weighted by molar-refractivity contribution is 0.628. The number of hydrogen-bond acceptors (Lipinski definition) is 2. The molecular weight excluding hydrogens is 239 g/mol. The lowest BCUT2D eigenvalue weighted by Crippen LogP contribution is -2.20. The van der Waals surface area contributed by atoms with Crippen LogP contribution >= 0.6 is 0 Å². The topological polar surface area (TPSA) is 24.4 Å². The van der Waals surface area contributed by atoms with E-state index in [0.717, 1.165) is 42.0 Å². The summed E-state index contributed by atoms with van der Waals surface area (Å²) in [6, 6.07) is 14.9. The SMILES string of the molecule is Fc1ccc(CC2=NCCN2)c(-c2ccccc2)c1. The molecule has 0 unspecified atom stereocenters. The molecule has 1 heterocycles. The van der Waals surface area contributed by atoms with Crippen molar-refractivity contribution in [2.24, 2.45) is 4.99 Å². The highest BCUT2D eigenvalue weighted by molar-refractivity contribution is 5.87. The summed E-state index contributed by atoms with van der Waals surface area (Å²) < 4.78 is 13.5. The van der Waals surface area contributed by atoms with Gasteiger partial charge in [-0.2, -0.15) is 0 Å². The summed E-state index contributed by atoms with van der Waals surface area (Å²) in [5.41, 5.74) is 3.08. The van der Waals surface area contributed by atoms with Crippen LogP contribution in [0.2, 0.25) is 0 Å². The average Bonchev–Trinajstić information content (AvgIpc) is 2.95. The number of rotatable bonds is 3. The van der Waals surface area contributed by atoms with Crippen molar-refractivity contribution in [1.29, 1.82) is 0 Å². The van der Waals surface area contributed by atoms with E-state index in [-0.39, 0.29) is 5.82 Å². The maximum absolute atomic E-state index is 13.5. The largest absolute Gasteiger partial charge is 0.372 e. The molecule has 0 saturated heterocycles. The molecule has 0 amide bonds. The fourth-order valence-corrected chi connectivity index (χ4v) is 2.34. The predicted octanol–water partition coefficient (Wildman–Crippen LogP) is 3.04. The normalized spacial score (nSPS) is 14.1. The van der Waals surface area contributed by atoms with Gasteiger partial charge in [0.05, 0.1) is 6.54 Å². The first kappa shape index (κ1) is 11.9. The van der Waals surface area contributed by atoms with Crippen molar-refractivity contribution in [3.05, 3.63) is 59.9 Å². The van der Waals surface area contributed by atoms with Crippen molar-refractivity contribution < 1.29 is 4.39 Å². The third kappa shape index (κ3) is 2.65. The molecule has 0 aromatic heterocycles. The Kier molecular flexibility index (Phi) is 3.27. The first-order chi connectivity index (χ1) is 9.33. The molecule has 1 N–H and O–H groups in total. The Labute approximate surface area is 112 Å². The van der Waals surface area contributed by atoms with E-state index in [2.05, 4.69) is 10.3 Å². The standard InChI is InChI=1S/C16H15FN2/c17-14-7-6-13(10-16-18-8-9-19-16)15(11-14)12-4-2-1-3-5-12/h1-7,11H,8-10H2,(H,18,19). The summed E-state index contributed by atoms with van der Waals surface area (Å²) >= 11 is 0. The van der Waals surface area contributed by atoms with E-state index in [0.29, 0.717) is 0 Å². The van der Waals surface area contributed by atoms with Crippen LogP contribution in [0.15, 0.2) is 53.5 Å². The second-order valence-corrected chi connectivity index (χ2v) is 4.60. The molecule has 0 radical (unpaired) electrons. The Morgan fingerprint density at radius 3 is 2.68 bits per heavy atom. The number of benzene rings is 2. The highest BCUT2D eigenvalue weighted by Crippen LogP contribution is 2.25. The predicted molar refractivity (Wildman–Crippen MR) is 75.8 cm³/mol. The Bertz CT molecular complexity index is 605. The molecule has 1 aliphatic rings. The van der Waals surface area contributed by atoms with E-state index in [4.69, 9.17) is 0 Å². The molecule has 0 spiro atoms. The van der Waals surface area contributed by atoms with Crippen molar-refractivity contribution in [3.8, 4) is 11.1 Å². The van der Waals surface area contributed by atoms with Crippen LogP contribution in [0.1, 0.15) is 5.56 Å². The molecule has 0 saturated carbocycles. The van der Waals surface area contributed by atoms with Crippen molar-refractivity contribution in [1.82, 2.24) is 5.32 Å². The van der Waals surface area contributed by atoms with E-state index in [9.17, 15) is 4.39 Å². The molecule has 19 heavy (non-hydrogen) atoms. The molecule has 0 bridgehead atoms. The molecule has 2 nitrogen and oxygen atoms in total. The minimum atomic E-state index is -0.205. The van der Waals surface area contributed by atoms with E-state index in [1.807, 2.05) is 36.4 Å². The Balaban J connectivity index is 1.99. The third-order valence-corrected chi connectivity index (χ3v) is 3.26. The molecule has 2 aromatic carbocycles. The Morgan fingerprint density at radius 1 is 1.11 bits per heavy atom. The maximum Gasteiger partial charge on any atom is 0.123 e. The number of halogens is 1. The van der Waals surface area contributed by atoms with Gasteiger partial charge in [-0.25, -0.2) is 4.39 Å². The molecular formula is C16H15FN2. The summed E-state index contributed by atoms with van der Waals surface area (Å²) in [6.07, 6.45) is 0.727. The zero-order valence-corrected chi connectivity index (χ0v) is 10.6. The highest BCUT2D eigenvalue weighted by Gasteiger charge is 2.11. The van der Waals surface area contributed by atoms with E-state index in [1.165, 1.54) is 6.07 Å². The summed E-state index contributed by atoms with van der Waals surface area (Å²) in [5.74, 6) is 0.785. The second-order valence-electron chi connectivity index (χ2n) is 4.60. The van der Waals surface area contributed by atoms with Crippen molar-refractivity contribution >= 4 is 5.84 Å². The fourth-order valence-electron chi connectivity index (χ4n) is 2.34. The van der Waals surface area contributed by atoms with E-state index >= 15 is 0 Å². The van der Waals surface area contributed by atoms with Gasteiger partial charge in [-0.15, -0.1) is 0 Å². The number of amidine groups is 1. The Hall–Kier alpha value is -2.16. The minimum Gasteiger partial charge on any atom is -0.372 e. The third-order valence-electron chi connectivity index (χ3n) is 3.26. The smallest absolute Gasteiger partial charge is 0.123 e. The van der Waals surface area contributed by atoms with Crippen LogP contribution in [0.25, 0.3) is 11.1 Å². The quantitative estimate of drug-likeness (QED) is 0.894. The maximum atomic E-state index is 13.5. The van der Waals surface area contributed by atoms with Crippen LogP contribution in [0.5, 0.6) is 0 Å². The van der Waals surface area contributed by atoms with Gasteiger partial charge in [-0.1, -0.05) is 36.4 Å². The Morgan fingerprint density at radius 2 is 1.95 bits per heavy atom. The van der Waals surface area contributed by atoms with E-state index in [1.54, 1.807) is 6.07 Å². The van der Waals surface area contributed by atoms with Crippen LogP contribution in [0.4, 0.5) is 4.39 Å². The van der Waals surface area contributed by atoms with Crippen LogP contribution in [0.3, 0.4) is 0 Å². The van der Waals surface area contributed by atoms with Crippen LogP contribution in [-0.4, -0.2) is 18.9 Å². The van der Waals surface area contributed by atoms with Gasteiger partial charge >= 0.3 is 0 Å². The van der Waals surface area contributed by atoms with Crippen molar-refractivity contribution in [2.45, 2.75) is 6.42 Å². The van der Waals surface area contributed by atoms with E-state index < -0.39 is 0 Å². The van der Waals surface area contributed by atoms with Crippen LogP contribution < -0.4 is 5.32 Å². The van der Waals surface area contributed by atoms with Gasteiger partial charge in [0.25, 0.3) is 0 Å². The zero-order valence-electron chi connectivity index (χ0n) is 10.6. The first-order valence-corrected chi connectivity index (χ1v) is 6.44. The molecule has 0 atom stereocenters. The number of nitrogens with zero attached hydrogens (tertiary/aromatic N) is 1. The highest BCUT2D eigenvalue weighted by atomic mass is 19.1. The van der Waals surface area contributed by atoms with Crippen molar-refractivity contribution in [2.75, 3.05) is 13.1 Å². The minimum absolute atomic E-state index is 0.205.